The third-order valence-electron chi connectivity index (χ3n) is 2.01. The normalized spacial score (nSPS) is 10.3. The summed E-state index contributed by atoms with van der Waals surface area (Å²) < 4.78 is 3.31. The molecular formula is C10H11ClN4. The van der Waals surface area contributed by atoms with Crippen LogP contribution >= 0.6 is 11.8 Å². The summed E-state index contributed by atoms with van der Waals surface area (Å²) >= 11 is 5.93. The van der Waals surface area contributed by atoms with E-state index in [9.17, 15) is 0 Å². The number of aromatic nitrogens is 3. The summed E-state index contributed by atoms with van der Waals surface area (Å²) in [6, 6.07) is 5.67. The van der Waals surface area contributed by atoms with E-state index in [1.807, 2.05) is 31.3 Å². The van der Waals surface area contributed by atoms with Crippen molar-refractivity contribution < 1.29 is 0 Å². The van der Waals surface area contributed by atoms with E-state index in [4.69, 9.17) is 11.8 Å². The first-order valence-corrected chi connectivity index (χ1v) is 5.04. The lowest BCUT2D eigenvalue weighted by Crippen LogP contribution is -2.09. The average Bonchev–Trinajstić information content (AvgIpc) is 2.78. The zero-order valence-electron chi connectivity index (χ0n) is 8.34. The second-order valence-electron chi connectivity index (χ2n) is 3.01. The molecule has 0 atom stereocenters. The van der Waals surface area contributed by atoms with Crippen LogP contribution < -0.4 is 4.42 Å². The van der Waals surface area contributed by atoms with E-state index < -0.39 is 0 Å². The largest absolute Gasteiger partial charge is 0.268 e. The molecule has 4 nitrogen and oxygen atoms in total. The molecule has 0 unspecified atom stereocenters. The van der Waals surface area contributed by atoms with Gasteiger partial charge >= 0.3 is 0 Å². The second-order valence-corrected chi connectivity index (χ2v) is 3.42. The van der Waals surface area contributed by atoms with Crippen molar-refractivity contribution in [3.8, 4) is 5.69 Å². The van der Waals surface area contributed by atoms with Crippen molar-refractivity contribution in [1.29, 1.82) is 0 Å². The number of hydrogen-bond acceptors (Lipinski definition) is 3. The number of pyridine rings is 1. The molecule has 78 valence electrons. The Hall–Kier alpha value is -1.55. The minimum Gasteiger partial charge on any atom is -0.268 e. The van der Waals surface area contributed by atoms with E-state index in [0.717, 1.165) is 11.5 Å². The van der Waals surface area contributed by atoms with Gasteiger partial charge in [0, 0.05) is 36.8 Å². The van der Waals surface area contributed by atoms with Crippen LogP contribution in [0, 0.1) is 0 Å². The molecule has 2 rings (SSSR count). The lowest BCUT2D eigenvalue weighted by molar-refractivity contribution is 0.864. The number of rotatable bonds is 3. The Kier molecular flexibility index (Phi) is 2.87. The molecule has 0 radical (unpaired) electrons. The Balaban J connectivity index is 2.28. The molecule has 0 fully saturated rings. The van der Waals surface area contributed by atoms with E-state index in [1.165, 1.54) is 0 Å². The molecule has 0 aliphatic rings. The number of anilines is 1. The summed E-state index contributed by atoms with van der Waals surface area (Å²) in [5, 5.41) is 4.32. The van der Waals surface area contributed by atoms with Gasteiger partial charge in [-0.05, 0) is 19.1 Å². The lowest BCUT2D eigenvalue weighted by Gasteiger charge is -2.08. The van der Waals surface area contributed by atoms with Gasteiger partial charge in [0.05, 0.1) is 11.9 Å². The number of hydrogen-bond donors (Lipinski definition) is 0. The molecule has 0 saturated carbocycles. The first-order valence-electron chi connectivity index (χ1n) is 4.70. The molecule has 0 bridgehead atoms. The maximum atomic E-state index is 5.93. The number of halogens is 1. The van der Waals surface area contributed by atoms with Crippen molar-refractivity contribution in [2.75, 3.05) is 11.0 Å². The summed E-state index contributed by atoms with van der Waals surface area (Å²) in [7, 11) is 0. The third kappa shape index (κ3) is 2.10. The van der Waals surface area contributed by atoms with Crippen LogP contribution in [0.25, 0.3) is 5.69 Å². The lowest BCUT2D eigenvalue weighted by atomic mass is 10.4. The van der Waals surface area contributed by atoms with Crippen LogP contribution in [0.1, 0.15) is 6.92 Å². The molecule has 2 heterocycles. The SMILES string of the molecule is CCN(Cl)c1ccn(-c2cccnc2)n1. The summed E-state index contributed by atoms with van der Waals surface area (Å²) in [6.07, 6.45) is 5.34. The standard InChI is InChI=1S/C10H11ClN4/c1-2-14(11)10-5-7-15(13-10)9-4-3-6-12-8-9/h3-8H,2H2,1H3. The summed E-state index contributed by atoms with van der Waals surface area (Å²) in [4.78, 5) is 4.03. The van der Waals surface area contributed by atoms with E-state index in [1.54, 1.807) is 21.5 Å². The highest BCUT2D eigenvalue weighted by Crippen LogP contribution is 2.14. The maximum absolute atomic E-state index is 5.93. The Morgan fingerprint density at radius 3 is 3.00 bits per heavy atom. The fourth-order valence-electron chi connectivity index (χ4n) is 1.24. The van der Waals surface area contributed by atoms with Crippen LogP contribution in [0.2, 0.25) is 0 Å². The van der Waals surface area contributed by atoms with E-state index in [2.05, 4.69) is 10.1 Å². The molecule has 2 aromatic heterocycles. The minimum atomic E-state index is 0.714. The van der Waals surface area contributed by atoms with Gasteiger partial charge in [-0.25, -0.2) is 4.68 Å². The van der Waals surface area contributed by atoms with Gasteiger partial charge < -0.3 is 0 Å². The summed E-state index contributed by atoms with van der Waals surface area (Å²) in [6.45, 7) is 2.68. The van der Waals surface area contributed by atoms with Crippen molar-refractivity contribution in [2.24, 2.45) is 0 Å². The highest BCUT2D eigenvalue weighted by molar-refractivity contribution is 6.25. The zero-order valence-corrected chi connectivity index (χ0v) is 9.09. The molecule has 0 spiro atoms. The predicted octanol–water partition coefficient (Wildman–Crippen LogP) is 2.25. The van der Waals surface area contributed by atoms with Gasteiger partial charge in [0.2, 0.25) is 0 Å². The third-order valence-corrected chi connectivity index (χ3v) is 2.42. The van der Waals surface area contributed by atoms with Crippen molar-refractivity contribution >= 4 is 17.6 Å². The molecule has 5 heteroatoms. The van der Waals surface area contributed by atoms with Gasteiger partial charge in [0.25, 0.3) is 0 Å². The molecule has 0 amide bonds. The monoisotopic (exact) mass is 222 g/mol. The summed E-state index contributed by atoms with van der Waals surface area (Å²) in [5.41, 5.74) is 0.921. The van der Waals surface area contributed by atoms with E-state index in [-0.39, 0.29) is 0 Å². The summed E-state index contributed by atoms with van der Waals surface area (Å²) in [5.74, 6) is 0.739. The zero-order chi connectivity index (χ0) is 10.7. The van der Waals surface area contributed by atoms with E-state index >= 15 is 0 Å². The Labute approximate surface area is 93.2 Å². The van der Waals surface area contributed by atoms with Crippen molar-refractivity contribution in [1.82, 2.24) is 14.8 Å². The topological polar surface area (TPSA) is 34.0 Å². The minimum absolute atomic E-state index is 0.714. The highest BCUT2D eigenvalue weighted by atomic mass is 35.5. The molecule has 0 aromatic carbocycles. The first-order chi connectivity index (χ1) is 7.31. The van der Waals surface area contributed by atoms with Gasteiger partial charge in [-0.15, -0.1) is 5.10 Å². The van der Waals surface area contributed by atoms with Gasteiger partial charge in [0.1, 0.15) is 0 Å². The van der Waals surface area contributed by atoms with Crippen molar-refractivity contribution in [2.45, 2.75) is 6.92 Å². The van der Waals surface area contributed by atoms with E-state index in [0.29, 0.717) is 6.54 Å². The van der Waals surface area contributed by atoms with Crippen LogP contribution in [-0.2, 0) is 0 Å². The molecule has 2 aromatic rings. The fourth-order valence-corrected chi connectivity index (χ4v) is 1.33. The first kappa shape index (κ1) is 9.98. The molecule has 0 aliphatic heterocycles. The smallest absolute Gasteiger partial charge is 0.165 e. The van der Waals surface area contributed by atoms with Crippen molar-refractivity contribution in [3.63, 3.8) is 0 Å². The number of nitrogens with zero attached hydrogens (tertiary/aromatic N) is 4. The quantitative estimate of drug-likeness (QED) is 0.747. The average molecular weight is 223 g/mol. The Morgan fingerprint density at radius 1 is 1.47 bits per heavy atom. The molecule has 0 aliphatic carbocycles. The van der Waals surface area contributed by atoms with Crippen LogP contribution in [0.5, 0.6) is 0 Å². The van der Waals surface area contributed by atoms with Crippen LogP contribution in [0.3, 0.4) is 0 Å². The molecule has 15 heavy (non-hydrogen) atoms. The molecule has 0 saturated heterocycles. The highest BCUT2D eigenvalue weighted by Gasteiger charge is 2.05. The Morgan fingerprint density at radius 2 is 2.33 bits per heavy atom. The maximum Gasteiger partial charge on any atom is 0.165 e. The molecular weight excluding hydrogens is 212 g/mol. The van der Waals surface area contributed by atoms with Gasteiger partial charge in [-0.3, -0.25) is 9.40 Å². The van der Waals surface area contributed by atoms with Crippen LogP contribution in [0.4, 0.5) is 5.82 Å². The fraction of sp³-hybridized carbons (Fsp3) is 0.200. The van der Waals surface area contributed by atoms with Gasteiger partial charge in [-0.1, -0.05) is 0 Å². The van der Waals surface area contributed by atoms with Gasteiger partial charge in [-0.2, -0.15) is 0 Å². The van der Waals surface area contributed by atoms with Crippen LogP contribution in [0.15, 0.2) is 36.8 Å². The molecule has 0 N–H and O–H groups in total. The van der Waals surface area contributed by atoms with Crippen molar-refractivity contribution in [3.05, 3.63) is 36.8 Å². The van der Waals surface area contributed by atoms with Gasteiger partial charge in [0.15, 0.2) is 5.82 Å². The van der Waals surface area contributed by atoms with Crippen LogP contribution in [-0.4, -0.2) is 21.3 Å². The predicted molar refractivity (Wildman–Crippen MR) is 60.2 cm³/mol. The second kappa shape index (κ2) is 4.31. The Bertz CT molecular complexity index is 426.